The van der Waals surface area contributed by atoms with Crippen LogP contribution in [0.3, 0.4) is 0 Å². The molecule has 0 amide bonds. The zero-order valence-electron chi connectivity index (χ0n) is 11.5. The number of piperidine rings is 1. The molecular weight excluding hydrogens is 206 g/mol. The van der Waals surface area contributed by atoms with Gasteiger partial charge in [-0.2, -0.15) is 0 Å². The molecule has 94 valence electrons. The Morgan fingerprint density at radius 3 is 2.35 bits per heavy atom. The van der Waals surface area contributed by atoms with E-state index in [0.29, 0.717) is 0 Å². The highest BCUT2D eigenvalue weighted by atomic mass is 14.9. The van der Waals surface area contributed by atoms with Crippen LogP contribution in [0.4, 0.5) is 0 Å². The zero-order valence-corrected chi connectivity index (χ0v) is 11.5. The van der Waals surface area contributed by atoms with Crippen LogP contribution >= 0.6 is 0 Å². The zero-order chi connectivity index (χ0) is 12.3. The van der Waals surface area contributed by atoms with Gasteiger partial charge in [-0.1, -0.05) is 12.1 Å². The first-order valence-electron chi connectivity index (χ1n) is 6.94. The predicted molar refractivity (Wildman–Crippen MR) is 74.6 cm³/mol. The maximum atomic E-state index is 3.44. The lowest BCUT2D eigenvalue weighted by molar-refractivity contribution is 0.354. The SMILES string of the molecule is Cc1cc(C)c(CCC2CCNCC2)cc1C. The molecule has 0 spiro atoms. The van der Waals surface area contributed by atoms with E-state index in [2.05, 4.69) is 38.2 Å². The Kier molecular flexibility index (Phi) is 4.22. The number of nitrogens with one attached hydrogen (secondary N) is 1. The predicted octanol–water partition coefficient (Wildman–Crippen LogP) is 3.54. The Bertz CT molecular complexity index is 375. The molecule has 1 aromatic rings. The molecule has 1 aliphatic heterocycles. The molecule has 0 atom stereocenters. The van der Waals surface area contributed by atoms with Crippen LogP contribution in [-0.2, 0) is 6.42 Å². The Morgan fingerprint density at radius 2 is 1.65 bits per heavy atom. The highest BCUT2D eigenvalue weighted by molar-refractivity contribution is 5.36. The van der Waals surface area contributed by atoms with Crippen LogP contribution in [0.25, 0.3) is 0 Å². The van der Waals surface area contributed by atoms with Crippen LogP contribution in [0.5, 0.6) is 0 Å². The quantitative estimate of drug-likeness (QED) is 0.839. The van der Waals surface area contributed by atoms with Crippen LogP contribution in [0.15, 0.2) is 12.1 Å². The highest BCUT2D eigenvalue weighted by Gasteiger charge is 2.13. The van der Waals surface area contributed by atoms with Crippen LogP contribution in [-0.4, -0.2) is 13.1 Å². The van der Waals surface area contributed by atoms with E-state index in [1.165, 1.54) is 55.5 Å². The highest BCUT2D eigenvalue weighted by Crippen LogP contribution is 2.22. The molecule has 1 nitrogen and oxygen atoms in total. The molecule has 1 saturated heterocycles. The lowest BCUT2D eigenvalue weighted by Gasteiger charge is -2.23. The summed E-state index contributed by atoms with van der Waals surface area (Å²) in [7, 11) is 0. The number of hydrogen-bond donors (Lipinski definition) is 1. The van der Waals surface area contributed by atoms with Gasteiger partial charge in [0.05, 0.1) is 0 Å². The molecule has 1 fully saturated rings. The van der Waals surface area contributed by atoms with Gasteiger partial charge in [-0.3, -0.25) is 0 Å². The normalized spacial score (nSPS) is 17.4. The van der Waals surface area contributed by atoms with E-state index in [9.17, 15) is 0 Å². The van der Waals surface area contributed by atoms with Crippen molar-refractivity contribution in [1.82, 2.24) is 5.32 Å². The third kappa shape index (κ3) is 3.32. The summed E-state index contributed by atoms with van der Waals surface area (Å²) in [6.45, 7) is 9.12. The van der Waals surface area contributed by atoms with E-state index in [1.807, 2.05) is 0 Å². The first kappa shape index (κ1) is 12.6. The molecule has 0 aliphatic carbocycles. The molecule has 1 heterocycles. The fourth-order valence-electron chi connectivity index (χ4n) is 2.82. The van der Waals surface area contributed by atoms with Crippen LogP contribution in [0, 0.1) is 26.7 Å². The van der Waals surface area contributed by atoms with Gasteiger partial charge in [0.2, 0.25) is 0 Å². The molecule has 0 bridgehead atoms. The van der Waals surface area contributed by atoms with Gasteiger partial charge >= 0.3 is 0 Å². The number of aryl methyl sites for hydroxylation is 4. The second kappa shape index (κ2) is 5.68. The van der Waals surface area contributed by atoms with Crippen LogP contribution < -0.4 is 5.32 Å². The molecule has 0 saturated carbocycles. The van der Waals surface area contributed by atoms with Crippen LogP contribution in [0.2, 0.25) is 0 Å². The third-order valence-corrected chi connectivity index (χ3v) is 4.23. The molecule has 1 N–H and O–H groups in total. The lowest BCUT2D eigenvalue weighted by Crippen LogP contribution is -2.27. The van der Waals surface area contributed by atoms with E-state index in [1.54, 1.807) is 5.56 Å². The van der Waals surface area contributed by atoms with Crippen molar-refractivity contribution in [3.8, 4) is 0 Å². The largest absolute Gasteiger partial charge is 0.317 e. The summed E-state index contributed by atoms with van der Waals surface area (Å²) in [5.74, 6) is 0.942. The van der Waals surface area contributed by atoms with Crippen molar-refractivity contribution in [3.05, 3.63) is 34.4 Å². The summed E-state index contributed by atoms with van der Waals surface area (Å²) in [6, 6.07) is 4.73. The molecule has 0 unspecified atom stereocenters. The summed E-state index contributed by atoms with van der Waals surface area (Å²) >= 11 is 0. The van der Waals surface area contributed by atoms with Gasteiger partial charge in [0, 0.05) is 0 Å². The fraction of sp³-hybridized carbons (Fsp3) is 0.625. The van der Waals surface area contributed by atoms with Crippen molar-refractivity contribution in [2.24, 2.45) is 5.92 Å². The third-order valence-electron chi connectivity index (χ3n) is 4.23. The molecule has 0 aromatic heterocycles. The van der Waals surface area contributed by atoms with Gasteiger partial charge in [0.25, 0.3) is 0 Å². The number of hydrogen-bond acceptors (Lipinski definition) is 1. The van der Waals surface area contributed by atoms with Crippen molar-refractivity contribution in [2.75, 3.05) is 13.1 Å². The minimum absolute atomic E-state index is 0.942. The molecule has 1 heteroatoms. The van der Waals surface area contributed by atoms with Gasteiger partial charge in [-0.05, 0) is 87.7 Å². The monoisotopic (exact) mass is 231 g/mol. The summed E-state index contributed by atoms with van der Waals surface area (Å²) in [5, 5.41) is 3.44. The first-order chi connectivity index (χ1) is 8.16. The summed E-state index contributed by atoms with van der Waals surface area (Å²) in [4.78, 5) is 0. The number of rotatable bonds is 3. The minimum Gasteiger partial charge on any atom is -0.317 e. The molecule has 0 radical (unpaired) electrons. The van der Waals surface area contributed by atoms with Crippen molar-refractivity contribution in [3.63, 3.8) is 0 Å². The smallest absolute Gasteiger partial charge is 0.00463 e. The summed E-state index contributed by atoms with van der Waals surface area (Å²) in [6.07, 6.45) is 5.36. The summed E-state index contributed by atoms with van der Waals surface area (Å²) < 4.78 is 0. The van der Waals surface area contributed by atoms with Gasteiger partial charge in [-0.25, -0.2) is 0 Å². The second-order valence-electron chi connectivity index (χ2n) is 5.60. The standard InChI is InChI=1S/C16H25N/c1-12-10-14(3)16(11-13(12)2)5-4-15-6-8-17-9-7-15/h10-11,15,17H,4-9H2,1-3H3. The van der Waals surface area contributed by atoms with E-state index < -0.39 is 0 Å². The van der Waals surface area contributed by atoms with Crippen molar-refractivity contribution < 1.29 is 0 Å². The maximum absolute atomic E-state index is 3.44. The van der Waals surface area contributed by atoms with Crippen molar-refractivity contribution >= 4 is 0 Å². The number of benzene rings is 1. The van der Waals surface area contributed by atoms with Crippen molar-refractivity contribution in [1.29, 1.82) is 0 Å². The van der Waals surface area contributed by atoms with Gasteiger partial charge < -0.3 is 5.32 Å². The van der Waals surface area contributed by atoms with Gasteiger partial charge in [0.15, 0.2) is 0 Å². The molecule has 2 rings (SSSR count). The van der Waals surface area contributed by atoms with E-state index in [0.717, 1.165) is 5.92 Å². The maximum Gasteiger partial charge on any atom is -0.00463 e. The second-order valence-corrected chi connectivity index (χ2v) is 5.60. The average molecular weight is 231 g/mol. The summed E-state index contributed by atoms with van der Waals surface area (Å²) in [5.41, 5.74) is 5.90. The molecule has 1 aromatic carbocycles. The van der Waals surface area contributed by atoms with Gasteiger partial charge in [-0.15, -0.1) is 0 Å². The van der Waals surface area contributed by atoms with E-state index in [4.69, 9.17) is 0 Å². The first-order valence-corrected chi connectivity index (χ1v) is 6.94. The Morgan fingerprint density at radius 1 is 1.00 bits per heavy atom. The van der Waals surface area contributed by atoms with Crippen molar-refractivity contribution in [2.45, 2.75) is 46.5 Å². The van der Waals surface area contributed by atoms with E-state index >= 15 is 0 Å². The molecular formula is C16H25N. The van der Waals surface area contributed by atoms with Crippen LogP contribution in [0.1, 0.15) is 41.5 Å². The minimum atomic E-state index is 0.942. The molecule has 17 heavy (non-hydrogen) atoms. The fourth-order valence-corrected chi connectivity index (χ4v) is 2.82. The topological polar surface area (TPSA) is 12.0 Å². The Labute approximate surface area is 106 Å². The molecule has 1 aliphatic rings. The average Bonchev–Trinajstić information content (AvgIpc) is 2.33. The van der Waals surface area contributed by atoms with Gasteiger partial charge in [0.1, 0.15) is 0 Å². The Hall–Kier alpha value is -0.820. The lowest BCUT2D eigenvalue weighted by atomic mass is 9.89. The Balaban J connectivity index is 1.96. The van der Waals surface area contributed by atoms with E-state index in [-0.39, 0.29) is 0 Å².